The van der Waals surface area contributed by atoms with Crippen molar-refractivity contribution >= 4 is 22.5 Å². The van der Waals surface area contributed by atoms with Crippen molar-refractivity contribution in [2.75, 3.05) is 6.54 Å². The third-order valence-corrected chi connectivity index (χ3v) is 6.74. The fourth-order valence-corrected chi connectivity index (χ4v) is 4.68. The normalized spacial score (nSPS) is 23.5. The molecule has 6 heteroatoms. The number of hydrogen-bond donors (Lipinski definition) is 3. The molecule has 5 rings (SSSR count). The Kier molecular flexibility index (Phi) is 4.94. The van der Waals surface area contributed by atoms with Crippen molar-refractivity contribution in [1.29, 1.82) is 0 Å². The van der Waals surface area contributed by atoms with E-state index < -0.39 is 6.23 Å². The number of hydrogen-bond acceptors (Lipinski definition) is 5. The van der Waals surface area contributed by atoms with Crippen LogP contribution in [0.1, 0.15) is 31.7 Å². The van der Waals surface area contributed by atoms with E-state index in [1.807, 2.05) is 24.3 Å². The molecule has 2 aromatic carbocycles. The molecule has 3 aromatic rings. The van der Waals surface area contributed by atoms with Crippen LogP contribution in [0.15, 0.2) is 48.7 Å². The monoisotopic (exact) mass is 423 g/mol. The molecule has 2 heterocycles. The van der Waals surface area contributed by atoms with Crippen molar-refractivity contribution in [3.05, 3.63) is 59.2 Å². The Bertz CT molecular complexity index is 1100. The minimum Gasteiger partial charge on any atom is -0.490 e. The lowest BCUT2D eigenvalue weighted by Gasteiger charge is -2.22. The maximum atomic E-state index is 9.79. The van der Waals surface area contributed by atoms with E-state index in [0.717, 1.165) is 52.7 Å². The number of halogens is 1. The topological polar surface area (TPSA) is 80.4 Å². The molecule has 1 aliphatic carbocycles. The van der Waals surface area contributed by atoms with E-state index in [4.69, 9.17) is 22.1 Å². The van der Waals surface area contributed by atoms with Crippen molar-refractivity contribution in [2.24, 2.45) is 11.7 Å². The van der Waals surface area contributed by atoms with E-state index in [-0.39, 0.29) is 17.6 Å². The summed E-state index contributed by atoms with van der Waals surface area (Å²) in [7, 11) is 0. The second kappa shape index (κ2) is 7.50. The Hall–Kier alpha value is -2.18. The molecule has 1 saturated heterocycles. The summed E-state index contributed by atoms with van der Waals surface area (Å²) in [6, 6.07) is 14.2. The van der Waals surface area contributed by atoms with Gasteiger partial charge in [-0.3, -0.25) is 10.3 Å². The van der Waals surface area contributed by atoms with E-state index in [1.54, 1.807) is 6.20 Å². The quantitative estimate of drug-likeness (QED) is 0.573. The number of nitrogens with zero attached hydrogens (tertiary/aromatic N) is 1. The fourth-order valence-electron chi connectivity index (χ4n) is 4.31. The Balaban J connectivity index is 1.51. The number of aliphatic hydroxyl groups is 1. The molecule has 0 radical (unpaired) electrons. The molecule has 5 nitrogen and oxygen atoms in total. The first-order valence-electron chi connectivity index (χ1n) is 10.5. The zero-order valence-electron chi connectivity index (χ0n) is 16.9. The van der Waals surface area contributed by atoms with Crippen LogP contribution in [0.2, 0.25) is 5.02 Å². The van der Waals surface area contributed by atoms with Crippen LogP contribution >= 0.6 is 11.6 Å². The molecule has 0 bridgehead atoms. The molecule has 0 spiro atoms. The molecule has 156 valence electrons. The number of pyridine rings is 1. The Morgan fingerprint density at radius 1 is 1.23 bits per heavy atom. The maximum absolute atomic E-state index is 9.79. The molecule has 0 amide bonds. The summed E-state index contributed by atoms with van der Waals surface area (Å²) in [5, 5.41) is 14.5. The third-order valence-electron chi connectivity index (χ3n) is 6.43. The van der Waals surface area contributed by atoms with Crippen molar-refractivity contribution in [3.8, 4) is 16.9 Å². The average molecular weight is 424 g/mol. The van der Waals surface area contributed by atoms with E-state index >= 15 is 0 Å². The molecular weight excluding hydrogens is 398 g/mol. The minimum absolute atomic E-state index is 0.0359. The van der Waals surface area contributed by atoms with Crippen LogP contribution in [0.5, 0.6) is 5.75 Å². The van der Waals surface area contributed by atoms with Gasteiger partial charge in [0.15, 0.2) is 0 Å². The highest BCUT2D eigenvalue weighted by atomic mass is 35.5. The summed E-state index contributed by atoms with van der Waals surface area (Å²) >= 11 is 6.59. The molecule has 1 aliphatic heterocycles. The van der Waals surface area contributed by atoms with E-state index in [0.29, 0.717) is 11.4 Å². The van der Waals surface area contributed by atoms with Crippen LogP contribution in [0.25, 0.3) is 22.0 Å². The van der Waals surface area contributed by atoms with Gasteiger partial charge in [0.05, 0.1) is 5.52 Å². The zero-order chi connectivity index (χ0) is 20.9. The Labute approximate surface area is 181 Å². The number of ether oxygens (including phenoxy) is 1. The second-order valence-corrected chi connectivity index (χ2v) is 9.05. The van der Waals surface area contributed by atoms with Crippen LogP contribution in [0, 0.1) is 5.92 Å². The molecule has 3 atom stereocenters. The van der Waals surface area contributed by atoms with Gasteiger partial charge in [0.25, 0.3) is 0 Å². The number of rotatable bonds is 5. The van der Waals surface area contributed by atoms with Gasteiger partial charge < -0.3 is 15.6 Å². The highest BCUT2D eigenvalue weighted by Crippen LogP contribution is 2.46. The number of benzene rings is 2. The summed E-state index contributed by atoms with van der Waals surface area (Å²) in [6.07, 6.45) is 3.95. The average Bonchev–Trinajstić information content (AvgIpc) is 3.33. The lowest BCUT2D eigenvalue weighted by Crippen LogP contribution is -2.25. The smallest absolute Gasteiger partial charge is 0.129 e. The van der Waals surface area contributed by atoms with Crippen molar-refractivity contribution in [3.63, 3.8) is 0 Å². The van der Waals surface area contributed by atoms with Gasteiger partial charge in [0.1, 0.15) is 18.1 Å². The molecule has 1 saturated carbocycles. The number of nitrogens with one attached hydrogen (secondary N) is 1. The number of aromatic nitrogens is 1. The van der Waals surface area contributed by atoms with Gasteiger partial charge in [0, 0.05) is 34.6 Å². The molecule has 1 aromatic heterocycles. The van der Waals surface area contributed by atoms with Crippen LogP contribution in [0.3, 0.4) is 0 Å². The van der Waals surface area contributed by atoms with E-state index in [2.05, 4.69) is 35.4 Å². The van der Waals surface area contributed by atoms with Gasteiger partial charge in [0.2, 0.25) is 0 Å². The van der Waals surface area contributed by atoms with Gasteiger partial charge in [-0.2, -0.15) is 0 Å². The van der Waals surface area contributed by atoms with Crippen LogP contribution in [-0.2, 0) is 5.54 Å². The lowest BCUT2D eigenvalue weighted by atomic mass is 9.98. The first kappa shape index (κ1) is 19.8. The standard InChI is InChI=1S/C24H26ClN3O2/c1-14(17-12-23(29)28-13-17)30-22-11-16(10-21-18(22)3-2-8-27-21)15-4-5-19(20(25)9-15)24(26)6-7-24/h2-5,8-11,14,17,23,28-29H,6-7,12-13,26H2,1H3/t14-,17-,23?/m1/s1. The fraction of sp³-hybridized carbons (Fsp3) is 0.375. The maximum Gasteiger partial charge on any atom is 0.129 e. The number of fused-ring (bicyclic) bond motifs is 1. The van der Waals surface area contributed by atoms with Gasteiger partial charge in [-0.15, -0.1) is 0 Å². The Morgan fingerprint density at radius 3 is 2.77 bits per heavy atom. The number of nitrogens with two attached hydrogens (primary N) is 1. The second-order valence-electron chi connectivity index (χ2n) is 8.64. The summed E-state index contributed by atoms with van der Waals surface area (Å²) in [4.78, 5) is 4.55. The lowest BCUT2D eigenvalue weighted by molar-refractivity contribution is 0.128. The molecule has 2 aliphatic rings. The van der Waals surface area contributed by atoms with E-state index in [9.17, 15) is 5.11 Å². The molecule has 30 heavy (non-hydrogen) atoms. The highest BCUT2D eigenvalue weighted by molar-refractivity contribution is 6.31. The minimum atomic E-state index is -0.455. The summed E-state index contributed by atoms with van der Waals surface area (Å²) in [6.45, 7) is 2.80. The van der Waals surface area contributed by atoms with Crippen LogP contribution in [0.4, 0.5) is 0 Å². The first-order valence-corrected chi connectivity index (χ1v) is 10.9. The first-order chi connectivity index (χ1) is 14.4. The van der Waals surface area contributed by atoms with Gasteiger partial charge in [-0.25, -0.2) is 0 Å². The molecule has 1 unspecified atom stereocenters. The zero-order valence-corrected chi connectivity index (χ0v) is 17.7. The SMILES string of the molecule is C[C@@H](Oc1cc(-c2ccc(C3(N)CC3)c(Cl)c2)cc2ncccc12)[C@H]1CNC(O)C1. The van der Waals surface area contributed by atoms with E-state index in [1.165, 1.54) is 0 Å². The third kappa shape index (κ3) is 3.67. The summed E-state index contributed by atoms with van der Waals surface area (Å²) in [5.74, 6) is 1.05. The van der Waals surface area contributed by atoms with Crippen LogP contribution in [-0.4, -0.2) is 29.0 Å². The highest BCUT2D eigenvalue weighted by Gasteiger charge is 2.41. The number of aliphatic hydroxyl groups excluding tert-OH is 1. The molecule has 2 fully saturated rings. The predicted molar refractivity (Wildman–Crippen MR) is 119 cm³/mol. The van der Waals surface area contributed by atoms with Crippen LogP contribution < -0.4 is 15.8 Å². The molecular formula is C24H26ClN3O2. The Morgan fingerprint density at radius 2 is 2.07 bits per heavy atom. The van der Waals surface area contributed by atoms with Crippen molar-refractivity contribution < 1.29 is 9.84 Å². The van der Waals surface area contributed by atoms with Gasteiger partial charge in [-0.1, -0.05) is 23.7 Å². The molecule has 4 N–H and O–H groups in total. The largest absolute Gasteiger partial charge is 0.490 e. The predicted octanol–water partition coefficient (Wildman–Crippen LogP) is 4.20. The summed E-state index contributed by atoms with van der Waals surface area (Å²) in [5.41, 5.74) is 9.99. The van der Waals surface area contributed by atoms with Crippen molar-refractivity contribution in [2.45, 2.75) is 44.1 Å². The summed E-state index contributed by atoms with van der Waals surface area (Å²) < 4.78 is 6.40. The van der Waals surface area contributed by atoms with Crippen molar-refractivity contribution in [1.82, 2.24) is 10.3 Å². The van der Waals surface area contributed by atoms with Gasteiger partial charge in [-0.05, 0) is 73.2 Å². The van der Waals surface area contributed by atoms with Gasteiger partial charge >= 0.3 is 0 Å².